The Morgan fingerprint density at radius 2 is 2.13 bits per heavy atom. The zero-order chi connectivity index (χ0) is 11.1. The molecule has 0 aliphatic heterocycles. The average molecular weight is 214 g/mol. The second-order valence-electron chi connectivity index (χ2n) is 4.37. The summed E-state index contributed by atoms with van der Waals surface area (Å²) in [7, 11) is 1.77. The molecule has 0 saturated heterocycles. The van der Waals surface area contributed by atoms with E-state index in [-0.39, 0.29) is 0 Å². The quantitative estimate of drug-likeness (QED) is 0.629. The lowest BCUT2D eigenvalue weighted by atomic mass is 10.2. The van der Waals surface area contributed by atoms with Crippen molar-refractivity contribution in [1.82, 2.24) is 10.2 Å². The minimum absolute atomic E-state index is 0.521. The van der Waals surface area contributed by atoms with Crippen molar-refractivity contribution in [3.05, 3.63) is 0 Å². The van der Waals surface area contributed by atoms with Crippen molar-refractivity contribution in [1.29, 1.82) is 0 Å². The molecule has 1 N–H and O–H groups in total. The van der Waals surface area contributed by atoms with Gasteiger partial charge in [0.1, 0.15) is 0 Å². The molecule has 1 aliphatic carbocycles. The Labute approximate surface area is 94.2 Å². The molecule has 0 aromatic heterocycles. The van der Waals surface area contributed by atoms with Crippen molar-refractivity contribution in [2.24, 2.45) is 0 Å². The highest BCUT2D eigenvalue weighted by atomic mass is 16.5. The number of hydrogen-bond donors (Lipinski definition) is 1. The number of rotatable bonds is 9. The Balaban J connectivity index is 2.07. The molecule has 90 valence electrons. The van der Waals surface area contributed by atoms with E-state index >= 15 is 0 Å². The van der Waals surface area contributed by atoms with Gasteiger partial charge in [0.15, 0.2) is 0 Å². The van der Waals surface area contributed by atoms with Crippen LogP contribution in [0.5, 0.6) is 0 Å². The van der Waals surface area contributed by atoms with E-state index in [2.05, 4.69) is 24.1 Å². The van der Waals surface area contributed by atoms with Gasteiger partial charge in [-0.2, -0.15) is 0 Å². The Morgan fingerprint density at radius 1 is 1.40 bits per heavy atom. The molecule has 0 aromatic rings. The van der Waals surface area contributed by atoms with Crippen LogP contribution in [0.3, 0.4) is 0 Å². The lowest BCUT2D eigenvalue weighted by Gasteiger charge is -2.22. The lowest BCUT2D eigenvalue weighted by Crippen LogP contribution is -2.39. The molecule has 0 aromatic carbocycles. The smallest absolute Gasteiger partial charge is 0.0615 e. The fourth-order valence-corrected chi connectivity index (χ4v) is 1.97. The van der Waals surface area contributed by atoms with Gasteiger partial charge in [-0.3, -0.25) is 4.90 Å². The summed E-state index contributed by atoms with van der Waals surface area (Å²) >= 11 is 0. The first-order valence-corrected chi connectivity index (χ1v) is 6.28. The molecule has 0 amide bonds. The first-order valence-electron chi connectivity index (χ1n) is 6.28. The van der Waals surface area contributed by atoms with E-state index in [1.807, 2.05) is 0 Å². The van der Waals surface area contributed by atoms with E-state index < -0.39 is 0 Å². The van der Waals surface area contributed by atoms with E-state index in [1.165, 1.54) is 25.9 Å². The van der Waals surface area contributed by atoms with Crippen molar-refractivity contribution in [3.8, 4) is 0 Å². The summed E-state index contributed by atoms with van der Waals surface area (Å²) in [5.74, 6) is 0. The van der Waals surface area contributed by atoms with Crippen molar-refractivity contribution in [2.75, 3.05) is 33.4 Å². The predicted octanol–water partition coefficient (Wildman–Crippen LogP) is 1.49. The molecule has 1 unspecified atom stereocenters. The van der Waals surface area contributed by atoms with E-state index in [1.54, 1.807) is 7.11 Å². The maximum absolute atomic E-state index is 5.16. The first-order chi connectivity index (χ1) is 7.31. The van der Waals surface area contributed by atoms with Gasteiger partial charge >= 0.3 is 0 Å². The number of nitrogens with one attached hydrogen (secondary N) is 1. The summed E-state index contributed by atoms with van der Waals surface area (Å²) in [5, 5.41) is 3.55. The van der Waals surface area contributed by atoms with Gasteiger partial charge in [-0.25, -0.2) is 0 Å². The highest BCUT2D eigenvalue weighted by molar-refractivity contribution is 4.84. The van der Waals surface area contributed by atoms with Crippen LogP contribution >= 0.6 is 0 Å². The maximum Gasteiger partial charge on any atom is 0.0615 e. The number of methoxy groups -OCH3 is 1. The lowest BCUT2D eigenvalue weighted by molar-refractivity contribution is 0.161. The second-order valence-corrected chi connectivity index (χ2v) is 4.37. The molecule has 15 heavy (non-hydrogen) atoms. The zero-order valence-electron chi connectivity index (χ0n) is 10.5. The Hall–Kier alpha value is -0.120. The van der Waals surface area contributed by atoms with E-state index in [4.69, 9.17) is 4.74 Å². The Kier molecular flexibility index (Phi) is 6.22. The molecule has 0 heterocycles. The number of ether oxygens (including phenoxy) is 1. The molecule has 1 fully saturated rings. The zero-order valence-corrected chi connectivity index (χ0v) is 10.5. The first kappa shape index (κ1) is 12.9. The van der Waals surface area contributed by atoms with Crippen molar-refractivity contribution in [2.45, 2.75) is 45.2 Å². The topological polar surface area (TPSA) is 24.5 Å². The molecule has 0 radical (unpaired) electrons. The van der Waals surface area contributed by atoms with Crippen LogP contribution in [0.1, 0.15) is 33.1 Å². The molecule has 0 spiro atoms. The van der Waals surface area contributed by atoms with Crippen LogP contribution in [0.15, 0.2) is 0 Å². The van der Waals surface area contributed by atoms with Crippen LogP contribution in [-0.4, -0.2) is 50.3 Å². The average Bonchev–Trinajstić information content (AvgIpc) is 3.06. The van der Waals surface area contributed by atoms with Gasteiger partial charge in [0, 0.05) is 32.3 Å². The largest absolute Gasteiger partial charge is 0.383 e. The molecule has 0 bridgehead atoms. The molecule has 3 heteroatoms. The Morgan fingerprint density at radius 3 is 2.60 bits per heavy atom. The number of nitrogens with zero attached hydrogens (tertiary/aromatic N) is 1. The minimum Gasteiger partial charge on any atom is -0.383 e. The van der Waals surface area contributed by atoms with Crippen LogP contribution < -0.4 is 5.32 Å². The van der Waals surface area contributed by atoms with Gasteiger partial charge in [-0.05, 0) is 25.8 Å². The number of hydrogen-bond acceptors (Lipinski definition) is 3. The molecule has 1 atom stereocenters. The fourth-order valence-electron chi connectivity index (χ4n) is 1.97. The maximum atomic E-state index is 5.16. The molecular weight excluding hydrogens is 188 g/mol. The summed E-state index contributed by atoms with van der Waals surface area (Å²) in [6.45, 7) is 8.74. The summed E-state index contributed by atoms with van der Waals surface area (Å²) in [6.07, 6.45) is 3.95. The molecule has 1 rings (SSSR count). The van der Waals surface area contributed by atoms with Crippen molar-refractivity contribution < 1.29 is 4.74 Å². The van der Waals surface area contributed by atoms with Crippen LogP contribution in [-0.2, 0) is 4.74 Å². The van der Waals surface area contributed by atoms with E-state index in [0.29, 0.717) is 6.04 Å². The molecular formula is C12H26N2O. The van der Waals surface area contributed by atoms with E-state index in [0.717, 1.165) is 25.6 Å². The van der Waals surface area contributed by atoms with Crippen LogP contribution in [0.2, 0.25) is 0 Å². The summed E-state index contributed by atoms with van der Waals surface area (Å²) in [6, 6.07) is 1.41. The van der Waals surface area contributed by atoms with Gasteiger partial charge < -0.3 is 10.1 Å². The monoisotopic (exact) mass is 214 g/mol. The van der Waals surface area contributed by atoms with Gasteiger partial charge in [0.25, 0.3) is 0 Å². The molecule has 3 nitrogen and oxygen atoms in total. The normalized spacial score (nSPS) is 18.4. The SMILES string of the molecule is CCC(COC)NCCN(CC)C1CC1. The summed E-state index contributed by atoms with van der Waals surface area (Å²) in [4.78, 5) is 2.58. The van der Waals surface area contributed by atoms with Gasteiger partial charge in [-0.15, -0.1) is 0 Å². The Bertz CT molecular complexity index is 160. The number of likely N-dealkylation sites (N-methyl/N-ethyl adjacent to an activating group) is 1. The van der Waals surface area contributed by atoms with Gasteiger partial charge in [-0.1, -0.05) is 13.8 Å². The third-order valence-electron chi connectivity index (χ3n) is 3.16. The van der Waals surface area contributed by atoms with E-state index in [9.17, 15) is 0 Å². The highest BCUT2D eigenvalue weighted by Gasteiger charge is 2.27. The van der Waals surface area contributed by atoms with Crippen LogP contribution in [0, 0.1) is 0 Å². The second kappa shape index (κ2) is 7.20. The van der Waals surface area contributed by atoms with Crippen molar-refractivity contribution in [3.63, 3.8) is 0 Å². The predicted molar refractivity (Wildman–Crippen MR) is 64.2 cm³/mol. The third-order valence-corrected chi connectivity index (χ3v) is 3.16. The summed E-state index contributed by atoms with van der Waals surface area (Å²) in [5.41, 5.74) is 0. The minimum atomic E-state index is 0.521. The molecule has 1 saturated carbocycles. The van der Waals surface area contributed by atoms with Crippen LogP contribution in [0.4, 0.5) is 0 Å². The van der Waals surface area contributed by atoms with Gasteiger partial charge in [0.05, 0.1) is 6.61 Å². The standard InChI is InChI=1S/C12H26N2O/c1-4-11(10-15-3)13-8-9-14(5-2)12-6-7-12/h11-13H,4-10H2,1-3H3. The highest BCUT2D eigenvalue weighted by Crippen LogP contribution is 2.25. The van der Waals surface area contributed by atoms with Gasteiger partial charge in [0.2, 0.25) is 0 Å². The van der Waals surface area contributed by atoms with Crippen molar-refractivity contribution >= 4 is 0 Å². The fraction of sp³-hybridized carbons (Fsp3) is 1.00. The molecule has 1 aliphatic rings. The third kappa shape index (κ3) is 4.96. The van der Waals surface area contributed by atoms with Crippen LogP contribution in [0.25, 0.3) is 0 Å². The summed E-state index contributed by atoms with van der Waals surface area (Å²) < 4.78 is 5.16.